The number of fused-ring (bicyclic) bond motifs is 1. The highest BCUT2D eigenvalue weighted by molar-refractivity contribution is 5.93. The maximum atomic E-state index is 11.1. The summed E-state index contributed by atoms with van der Waals surface area (Å²) in [5.41, 5.74) is 1.57. The summed E-state index contributed by atoms with van der Waals surface area (Å²) >= 11 is 0. The number of rotatable bonds is 4. The first-order valence-corrected chi connectivity index (χ1v) is 8.80. The zero-order valence-corrected chi connectivity index (χ0v) is 14.2. The van der Waals surface area contributed by atoms with E-state index in [9.17, 15) is 4.79 Å². The minimum atomic E-state index is -1.00. The predicted molar refractivity (Wildman–Crippen MR) is 90.6 cm³/mol. The third-order valence-corrected chi connectivity index (χ3v) is 5.16. The Kier molecular flexibility index (Phi) is 4.65. The van der Waals surface area contributed by atoms with Crippen molar-refractivity contribution in [2.45, 2.75) is 25.4 Å². The monoisotopic (exact) mass is 345 g/mol. The van der Waals surface area contributed by atoms with E-state index in [1.54, 1.807) is 10.7 Å². The fourth-order valence-electron chi connectivity index (χ4n) is 3.74. The van der Waals surface area contributed by atoms with E-state index in [1.807, 2.05) is 6.20 Å². The predicted octanol–water partition coefficient (Wildman–Crippen LogP) is 0.724. The van der Waals surface area contributed by atoms with E-state index in [-0.39, 0.29) is 5.56 Å². The first kappa shape index (κ1) is 16.4. The van der Waals surface area contributed by atoms with Gasteiger partial charge in [-0.3, -0.25) is 9.80 Å². The number of hydrogen-bond donors (Lipinski definition) is 1. The number of carboxylic acids is 1. The Morgan fingerprint density at radius 2 is 1.96 bits per heavy atom. The van der Waals surface area contributed by atoms with Crippen molar-refractivity contribution in [1.82, 2.24) is 24.4 Å². The highest BCUT2D eigenvalue weighted by Gasteiger charge is 2.25. The molecule has 2 aromatic rings. The molecule has 1 N–H and O–H groups in total. The zero-order chi connectivity index (χ0) is 17.2. The van der Waals surface area contributed by atoms with Gasteiger partial charge in [0.05, 0.1) is 6.20 Å². The van der Waals surface area contributed by atoms with Crippen LogP contribution >= 0.6 is 0 Å². The summed E-state index contributed by atoms with van der Waals surface area (Å²) in [5.74, 6) is -1.00. The maximum Gasteiger partial charge on any atom is 0.341 e. The maximum absolute atomic E-state index is 11.1. The summed E-state index contributed by atoms with van der Waals surface area (Å²) in [6.07, 6.45) is 7.27. The van der Waals surface area contributed by atoms with Gasteiger partial charge in [0, 0.05) is 69.9 Å². The van der Waals surface area contributed by atoms with Crippen LogP contribution < -0.4 is 0 Å². The first-order chi connectivity index (χ1) is 12.2. The molecule has 0 aliphatic carbocycles. The molecule has 0 amide bonds. The van der Waals surface area contributed by atoms with Gasteiger partial charge < -0.3 is 9.84 Å². The van der Waals surface area contributed by atoms with E-state index < -0.39 is 5.97 Å². The lowest BCUT2D eigenvalue weighted by Gasteiger charge is -2.40. The topological polar surface area (TPSA) is 83.2 Å². The van der Waals surface area contributed by atoms with Crippen LogP contribution in [0.15, 0.2) is 18.6 Å². The van der Waals surface area contributed by atoms with E-state index in [1.165, 1.54) is 6.20 Å². The van der Waals surface area contributed by atoms with Crippen molar-refractivity contribution in [3.63, 3.8) is 0 Å². The van der Waals surface area contributed by atoms with Crippen LogP contribution in [0.4, 0.5) is 0 Å². The Balaban J connectivity index is 1.36. The molecule has 4 heterocycles. The van der Waals surface area contributed by atoms with Crippen LogP contribution in [-0.4, -0.2) is 80.9 Å². The molecule has 8 nitrogen and oxygen atoms in total. The summed E-state index contributed by atoms with van der Waals surface area (Å²) in [5, 5.41) is 13.2. The van der Waals surface area contributed by atoms with Crippen LogP contribution in [0.3, 0.4) is 0 Å². The highest BCUT2D eigenvalue weighted by atomic mass is 16.5. The molecule has 0 atom stereocenters. The van der Waals surface area contributed by atoms with Gasteiger partial charge in [-0.25, -0.2) is 14.3 Å². The molecule has 4 rings (SSSR count). The van der Waals surface area contributed by atoms with Crippen LogP contribution in [0.25, 0.3) is 5.65 Å². The van der Waals surface area contributed by atoms with Crippen LogP contribution in [-0.2, 0) is 11.3 Å². The van der Waals surface area contributed by atoms with Crippen LogP contribution in [0.1, 0.15) is 28.8 Å². The Labute approximate surface area is 146 Å². The summed E-state index contributed by atoms with van der Waals surface area (Å²) in [6.45, 7) is 6.84. The summed E-state index contributed by atoms with van der Waals surface area (Å²) in [4.78, 5) is 20.4. The van der Waals surface area contributed by atoms with Gasteiger partial charge in [-0.05, 0) is 12.8 Å². The van der Waals surface area contributed by atoms with Crippen molar-refractivity contribution in [3.05, 3.63) is 29.7 Å². The normalized spacial score (nSPS) is 21.0. The van der Waals surface area contributed by atoms with Crippen LogP contribution in [0.2, 0.25) is 0 Å². The van der Waals surface area contributed by atoms with Crippen molar-refractivity contribution in [2.24, 2.45) is 0 Å². The lowest BCUT2D eigenvalue weighted by molar-refractivity contribution is 0.0126. The van der Waals surface area contributed by atoms with Gasteiger partial charge in [0.2, 0.25) is 0 Å². The molecule has 0 aromatic carbocycles. The third kappa shape index (κ3) is 3.51. The third-order valence-electron chi connectivity index (χ3n) is 5.16. The summed E-state index contributed by atoms with van der Waals surface area (Å²) in [7, 11) is 0. The number of aromatic nitrogens is 3. The zero-order valence-electron chi connectivity index (χ0n) is 14.2. The van der Waals surface area contributed by atoms with Gasteiger partial charge in [-0.15, -0.1) is 0 Å². The number of nitrogens with zero attached hydrogens (tertiary/aromatic N) is 5. The first-order valence-electron chi connectivity index (χ1n) is 8.80. The average Bonchev–Trinajstić information content (AvgIpc) is 3.07. The lowest BCUT2D eigenvalue weighted by atomic mass is 10.1. The number of piperazine rings is 1. The Bertz CT molecular complexity index is 748. The standard InChI is InChI=1S/C17H23N5O3/c23-17(24)15-10-19-22-12-13(9-18-16(15)22)11-20-3-5-21(6-4-20)14-1-7-25-8-2-14/h9-10,12,14H,1-8,11H2,(H,23,24). The molecule has 134 valence electrons. The smallest absolute Gasteiger partial charge is 0.341 e. The molecular weight excluding hydrogens is 322 g/mol. The number of carbonyl (C=O) groups is 1. The van der Waals surface area contributed by atoms with Crippen molar-refractivity contribution in [1.29, 1.82) is 0 Å². The van der Waals surface area contributed by atoms with E-state index in [0.29, 0.717) is 11.7 Å². The SMILES string of the molecule is O=C(O)c1cnn2cc(CN3CCN(C4CCOCC4)CC3)cnc12. The van der Waals surface area contributed by atoms with Crippen LogP contribution in [0, 0.1) is 0 Å². The number of ether oxygens (including phenoxy) is 1. The Morgan fingerprint density at radius 3 is 2.68 bits per heavy atom. The van der Waals surface area contributed by atoms with Crippen LogP contribution in [0.5, 0.6) is 0 Å². The van der Waals surface area contributed by atoms with E-state index >= 15 is 0 Å². The average molecular weight is 345 g/mol. The molecule has 0 radical (unpaired) electrons. The van der Waals surface area contributed by atoms with Crippen molar-refractivity contribution < 1.29 is 14.6 Å². The molecule has 2 saturated heterocycles. The van der Waals surface area contributed by atoms with E-state index in [4.69, 9.17) is 9.84 Å². The van der Waals surface area contributed by atoms with Gasteiger partial charge >= 0.3 is 5.97 Å². The number of hydrogen-bond acceptors (Lipinski definition) is 6. The second kappa shape index (κ2) is 7.07. The lowest BCUT2D eigenvalue weighted by Crippen LogP contribution is -2.51. The molecule has 2 aliphatic rings. The van der Waals surface area contributed by atoms with Gasteiger partial charge in [0.1, 0.15) is 5.56 Å². The molecule has 0 unspecified atom stereocenters. The molecule has 0 bridgehead atoms. The molecule has 8 heteroatoms. The van der Waals surface area contributed by atoms with Crippen molar-refractivity contribution >= 4 is 11.6 Å². The molecule has 0 saturated carbocycles. The fourth-order valence-corrected chi connectivity index (χ4v) is 3.74. The number of aromatic carboxylic acids is 1. The quantitative estimate of drug-likeness (QED) is 0.874. The largest absolute Gasteiger partial charge is 0.477 e. The van der Waals surface area contributed by atoms with Gasteiger partial charge in [0.25, 0.3) is 0 Å². The van der Waals surface area contributed by atoms with Crippen molar-refractivity contribution in [3.8, 4) is 0 Å². The second-order valence-electron chi connectivity index (χ2n) is 6.75. The van der Waals surface area contributed by atoms with Gasteiger partial charge in [0.15, 0.2) is 5.65 Å². The molecular formula is C17H23N5O3. The molecule has 25 heavy (non-hydrogen) atoms. The fraction of sp³-hybridized carbons (Fsp3) is 0.588. The Morgan fingerprint density at radius 1 is 1.20 bits per heavy atom. The van der Waals surface area contributed by atoms with E-state index in [2.05, 4.69) is 19.9 Å². The number of carboxylic acid groups (broad SMARTS) is 1. The van der Waals surface area contributed by atoms with Gasteiger partial charge in [-0.2, -0.15) is 5.10 Å². The van der Waals surface area contributed by atoms with E-state index in [0.717, 1.165) is 64.3 Å². The highest BCUT2D eigenvalue weighted by Crippen LogP contribution is 2.17. The molecule has 2 fully saturated rings. The Hall–Kier alpha value is -2.03. The van der Waals surface area contributed by atoms with Gasteiger partial charge in [-0.1, -0.05) is 0 Å². The minimum absolute atomic E-state index is 0.136. The molecule has 2 aliphatic heterocycles. The molecule has 2 aromatic heterocycles. The molecule has 0 spiro atoms. The minimum Gasteiger partial charge on any atom is -0.477 e. The summed E-state index contributed by atoms with van der Waals surface area (Å²) < 4.78 is 7.01. The second-order valence-corrected chi connectivity index (χ2v) is 6.75. The van der Waals surface area contributed by atoms with Crippen molar-refractivity contribution in [2.75, 3.05) is 39.4 Å². The summed E-state index contributed by atoms with van der Waals surface area (Å²) in [6, 6.07) is 0.674.